The Hall–Kier alpha value is -2.38. The van der Waals surface area contributed by atoms with Gasteiger partial charge in [-0.25, -0.2) is 12.7 Å². The number of rotatable bonds is 9. The lowest BCUT2D eigenvalue weighted by Crippen LogP contribution is -2.39. The minimum atomic E-state index is -3.38. The third kappa shape index (κ3) is 6.37. The van der Waals surface area contributed by atoms with Crippen LogP contribution in [0.25, 0.3) is 0 Å². The van der Waals surface area contributed by atoms with Crippen molar-refractivity contribution in [2.45, 2.75) is 13.3 Å². The number of hydrogen-bond donors (Lipinski definition) is 1. The van der Waals surface area contributed by atoms with Gasteiger partial charge < -0.3 is 10.1 Å². The second-order valence-corrected chi connectivity index (χ2v) is 8.33. The topological polar surface area (TPSA) is 75.7 Å². The van der Waals surface area contributed by atoms with E-state index in [9.17, 15) is 13.2 Å². The number of para-hydroxylation sites is 1. The summed E-state index contributed by atoms with van der Waals surface area (Å²) in [6.07, 6.45) is 1.71. The van der Waals surface area contributed by atoms with Crippen LogP contribution in [-0.4, -0.2) is 51.6 Å². The average Bonchev–Trinajstić information content (AvgIpc) is 2.64. The molecule has 0 fully saturated rings. The quantitative estimate of drug-likeness (QED) is 0.712. The molecule has 1 N–H and O–H groups in total. The molecule has 2 aromatic rings. The van der Waals surface area contributed by atoms with Crippen molar-refractivity contribution in [1.29, 1.82) is 0 Å². The molecule has 0 radical (unpaired) electrons. The van der Waals surface area contributed by atoms with E-state index in [4.69, 9.17) is 4.74 Å². The Balaban J connectivity index is 1.93. The first kappa shape index (κ1) is 20.9. The van der Waals surface area contributed by atoms with Crippen molar-refractivity contribution >= 4 is 15.9 Å². The molecule has 0 heterocycles. The number of carbonyl (C=O) groups is 1. The van der Waals surface area contributed by atoms with Gasteiger partial charge in [0.05, 0.1) is 13.4 Å². The minimum Gasteiger partial charge on any atom is -0.496 e. The van der Waals surface area contributed by atoms with Crippen molar-refractivity contribution in [2.75, 3.05) is 33.0 Å². The van der Waals surface area contributed by atoms with E-state index in [-0.39, 0.29) is 19.0 Å². The Labute approximate surface area is 161 Å². The molecular formula is C20H26N2O4S. The first-order valence-electron chi connectivity index (χ1n) is 8.73. The maximum atomic E-state index is 12.2. The number of sulfonamides is 1. The second-order valence-electron chi connectivity index (χ2n) is 6.35. The van der Waals surface area contributed by atoms with Gasteiger partial charge >= 0.3 is 0 Å². The zero-order valence-electron chi connectivity index (χ0n) is 15.9. The number of nitrogens with one attached hydrogen (secondary N) is 1. The predicted molar refractivity (Wildman–Crippen MR) is 107 cm³/mol. The van der Waals surface area contributed by atoms with Gasteiger partial charge in [-0.3, -0.25) is 4.79 Å². The highest BCUT2D eigenvalue weighted by Crippen LogP contribution is 2.18. The molecule has 1 amide bonds. The molecule has 0 saturated heterocycles. The molecule has 6 nitrogen and oxygen atoms in total. The van der Waals surface area contributed by atoms with Gasteiger partial charge in [0.1, 0.15) is 5.75 Å². The maximum absolute atomic E-state index is 12.2. The summed E-state index contributed by atoms with van der Waals surface area (Å²) in [6.45, 7) is 2.73. The van der Waals surface area contributed by atoms with Gasteiger partial charge in [0, 0.05) is 25.2 Å². The molecule has 0 aliphatic carbocycles. The van der Waals surface area contributed by atoms with Gasteiger partial charge in [-0.2, -0.15) is 0 Å². The Morgan fingerprint density at radius 3 is 2.37 bits per heavy atom. The highest BCUT2D eigenvalue weighted by atomic mass is 32.2. The summed E-state index contributed by atoms with van der Waals surface area (Å²) in [5.74, 6) is 0.520. The summed E-state index contributed by atoms with van der Waals surface area (Å²) < 4.78 is 30.8. The Bertz CT molecular complexity index is 864. The van der Waals surface area contributed by atoms with E-state index >= 15 is 0 Å². The van der Waals surface area contributed by atoms with Crippen molar-refractivity contribution in [3.05, 3.63) is 65.2 Å². The molecule has 0 spiro atoms. The summed E-state index contributed by atoms with van der Waals surface area (Å²) >= 11 is 0. The highest BCUT2D eigenvalue weighted by molar-refractivity contribution is 7.88. The van der Waals surface area contributed by atoms with E-state index in [0.29, 0.717) is 18.5 Å². The number of amides is 1. The molecule has 0 unspecified atom stereocenters. The summed E-state index contributed by atoms with van der Waals surface area (Å²) in [7, 11) is -1.79. The fourth-order valence-electron chi connectivity index (χ4n) is 2.70. The Morgan fingerprint density at radius 1 is 1.07 bits per heavy atom. The van der Waals surface area contributed by atoms with E-state index in [2.05, 4.69) is 5.32 Å². The van der Waals surface area contributed by atoms with Crippen molar-refractivity contribution < 1.29 is 17.9 Å². The summed E-state index contributed by atoms with van der Waals surface area (Å²) in [6, 6.07) is 14.8. The molecule has 0 aromatic heterocycles. The Kier molecular flexibility index (Phi) is 7.38. The Morgan fingerprint density at radius 2 is 1.74 bits per heavy atom. The van der Waals surface area contributed by atoms with Crippen molar-refractivity contribution in [2.24, 2.45) is 0 Å². The SMILES string of the molecule is COc1ccccc1CCN(CCNC(=O)c1ccc(C)cc1)S(C)(=O)=O. The van der Waals surface area contributed by atoms with Crippen molar-refractivity contribution in [3.8, 4) is 5.75 Å². The zero-order valence-corrected chi connectivity index (χ0v) is 16.8. The fraction of sp³-hybridized carbons (Fsp3) is 0.350. The van der Waals surface area contributed by atoms with Crippen LogP contribution in [0.15, 0.2) is 48.5 Å². The third-order valence-corrected chi connectivity index (χ3v) is 5.56. The van der Waals surface area contributed by atoms with E-state index < -0.39 is 10.0 Å². The van der Waals surface area contributed by atoms with E-state index in [1.165, 1.54) is 10.6 Å². The lowest BCUT2D eigenvalue weighted by atomic mass is 10.1. The summed E-state index contributed by atoms with van der Waals surface area (Å²) in [5, 5.41) is 2.77. The van der Waals surface area contributed by atoms with Crippen LogP contribution in [0.5, 0.6) is 5.75 Å². The summed E-state index contributed by atoms with van der Waals surface area (Å²) in [4.78, 5) is 12.2. The van der Waals surface area contributed by atoms with Crippen molar-refractivity contribution in [1.82, 2.24) is 9.62 Å². The molecular weight excluding hydrogens is 364 g/mol. The molecule has 2 aromatic carbocycles. The van der Waals surface area contributed by atoms with Crippen LogP contribution in [0.4, 0.5) is 0 Å². The zero-order chi connectivity index (χ0) is 19.9. The molecule has 0 aliphatic heterocycles. The minimum absolute atomic E-state index is 0.214. The average molecular weight is 391 g/mol. The van der Waals surface area contributed by atoms with Crippen molar-refractivity contribution in [3.63, 3.8) is 0 Å². The first-order chi connectivity index (χ1) is 12.8. The molecule has 146 valence electrons. The number of carbonyl (C=O) groups excluding carboxylic acids is 1. The molecule has 7 heteroatoms. The number of aryl methyl sites for hydroxylation is 1. The van der Waals surface area contributed by atoms with Crippen LogP contribution in [0.1, 0.15) is 21.5 Å². The smallest absolute Gasteiger partial charge is 0.251 e. The predicted octanol–water partition coefficient (Wildman–Crippen LogP) is 2.24. The maximum Gasteiger partial charge on any atom is 0.251 e. The monoisotopic (exact) mass is 390 g/mol. The third-order valence-electron chi connectivity index (χ3n) is 4.25. The van der Waals surface area contributed by atoms with Crippen LogP contribution >= 0.6 is 0 Å². The number of methoxy groups -OCH3 is 1. The van der Waals surface area contributed by atoms with Crippen LogP contribution in [0, 0.1) is 6.92 Å². The van der Waals surface area contributed by atoms with Crippen LogP contribution < -0.4 is 10.1 Å². The van der Waals surface area contributed by atoms with E-state index in [1.54, 1.807) is 19.2 Å². The van der Waals surface area contributed by atoms with Gasteiger partial charge in [0.2, 0.25) is 10.0 Å². The highest BCUT2D eigenvalue weighted by Gasteiger charge is 2.17. The molecule has 0 aliphatic rings. The van der Waals surface area contributed by atoms with Crippen LogP contribution in [0.2, 0.25) is 0 Å². The lowest BCUT2D eigenvalue weighted by molar-refractivity contribution is 0.0951. The molecule has 0 saturated carbocycles. The van der Waals surface area contributed by atoms with Gasteiger partial charge in [-0.15, -0.1) is 0 Å². The number of hydrogen-bond acceptors (Lipinski definition) is 4. The molecule has 0 bridgehead atoms. The lowest BCUT2D eigenvalue weighted by Gasteiger charge is -2.20. The molecule has 0 atom stereocenters. The summed E-state index contributed by atoms with van der Waals surface area (Å²) in [5.41, 5.74) is 2.57. The largest absolute Gasteiger partial charge is 0.496 e. The van der Waals surface area contributed by atoms with Crippen LogP contribution in [-0.2, 0) is 16.4 Å². The molecule has 27 heavy (non-hydrogen) atoms. The van der Waals surface area contributed by atoms with E-state index in [0.717, 1.165) is 16.9 Å². The van der Waals surface area contributed by atoms with Gasteiger partial charge in [0.15, 0.2) is 0 Å². The fourth-order valence-corrected chi connectivity index (χ4v) is 3.55. The van der Waals surface area contributed by atoms with Crippen LogP contribution in [0.3, 0.4) is 0 Å². The normalized spacial score (nSPS) is 11.4. The van der Waals surface area contributed by atoms with Gasteiger partial charge in [-0.05, 0) is 37.1 Å². The first-order valence-corrected chi connectivity index (χ1v) is 10.6. The molecule has 2 rings (SSSR count). The van der Waals surface area contributed by atoms with Gasteiger partial charge in [0.25, 0.3) is 5.91 Å². The van der Waals surface area contributed by atoms with E-state index in [1.807, 2.05) is 43.3 Å². The number of benzene rings is 2. The second kappa shape index (κ2) is 9.53. The number of ether oxygens (including phenoxy) is 1. The standard InChI is InChI=1S/C20H26N2O4S/c1-16-8-10-18(11-9-16)20(23)21-13-15-22(27(3,24)25)14-12-17-6-4-5-7-19(17)26-2/h4-11H,12-15H2,1-3H3,(H,21,23). The van der Waals surface area contributed by atoms with Gasteiger partial charge in [-0.1, -0.05) is 35.9 Å². The number of nitrogens with zero attached hydrogens (tertiary/aromatic N) is 1.